The van der Waals surface area contributed by atoms with Gasteiger partial charge < -0.3 is 35.1 Å². The van der Waals surface area contributed by atoms with Crippen LogP contribution in [-0.2, 0) is 0 Å². The SMILES string of the molecule is CCCCCNC(=O)Nc1ccc(Oc2ccc(NC(=O)c3ccc(OC4CCN(C(C)CC)CC4)cc3)cc2)c(OC)c1. The number of urea groups is 1. The molecule has 9 nitrogen and oxygen atoms in total. The van der Waals surface area contributed by atoms with Crippen LogP contribution in [0.4, 0.5) is 16.2 Å². The Labute approximate surface area is 261 Å². The number of benzene rings is 3. The number of carbonyl (C=O) groups is 2. The summed E-state index contributed by atoms with van der Waals surface area (Å²) in [7, 11) is 1.55. The van der Waals surface area contributed by atoms with Gasteiger partial charge in [-0.25, -0.2) is 4.79 Å². The van der Waals surface area contributed by atoms with Gasteiger partial charge in [-0.05, 0) is 93.3 Å². The maximum atomic E-state index is 12.9. The van der Waals surface area contributed by atoms with Crippen molar-refractivity contribution >= 4 is 23.3 Å². The summed E-state index contributed by atoms with van der Waals surface area (Å²) in [6.07, 6.45) is 6.52. The Morgan fingerprint density at radius 2 is 1.55 bits per heavy atom. The lowest BCUT2D eigenvalue weighted by Gasteiger charge is -2.35. The maximum Gasteiger partial charge on any atom is 0.319 e. The Morgan fingerprint density at radius 1 is 0.864 bits per heavy atom. The summed E-state index contributed by atoms with van der Waals surface area (Å²) >= 11 is 0. The number of anilines is 2. The zero-order valence-corrected chi connectivity index (χ0v) is 26.4. The van der Waals surface area contributed by atoms with Crippen LogP contribution >= 0.6 is 0 Å². The van der Waals surface area contributed by atoms with Crippen molar-refractivity contribution in [2.45, 2.75) is 71.4 Å². The van der Waals surface area contributed by atoms with Gasteiger partial charge in [-0.1, -0.05) is 26.7 Å². The highest BCUT2D eigenvalue weighted by Gasteiger charge is 2.23. The number of hydrogen-bond donors (Lipinski definition) is 3. The smallest absolute Gasteiger partial charge is 0.319 e. The molecule has 0 radical (unpaired) electrons. The second-order valence-corrected chi connectivity index (χ2v) is 11.2. The molecule has 4 rings (SSSR count). The van der Waals surface area contributed by atoms with Crippen LogP contribution in [0, 0.1) is 0 Å². The average Bonchev–Trinajstić information content (AvgIpc) is 3.05. The minimum atomic E-state index is -0.258. The number of nitrogens with one attached hydrogen (secondary N) is 3. The summed E-state index contributed by atoms with van der Waals surface area (Å²) in [5, 5.41) is 8.60. The van der Waals surface area contributed by atoms with Crippen molar-refractivity contribution in [2.24, 2.45) is 0 Å². The van der Waals surface area contributed by atoms with Crippen molar-refractivity contribution < 1.29 is 23.8 Å². The Morgan fingerprint density at radius 3 is 2.20 bits per heavy atom. The molecule has 3 aromatic rings. The Hall–Kier alpha value is -4.24. The summed E-state index contributed by atoms with van der Waals surface area (Å²) in [6.45, 7) is 9.38. The molecular formula is C35H46N4O5. The van der Waals surface area contributed by atoms with E-state index in [2.05, 4.69) is 41.6 Å². The van der Waals surface area contributed by atoms with Gasteiger partial charge in [0, 0.05) is 48.7 Å². The van der Waals surface area contributed by atoms with E-state index >= 15 is 0 Å². The molecule has 1 fully saturated rings. The highest BCUT2D eigenvalue weighted by molar-refractivity contribution is 6.04. The summed E-state index contributed by atoms with van der Waals surface area (Å²) < 4.78 is 17.7. The average molecular weight is 603 g/mol. The highest BCUT2D eigenvalue weighted by Crippen LogP contribution is 2.34. The molecule has 0 bridgehead atoms. The highest BCUT2D eigenvalue weighted by atomic mass is 16.5. The Kier molecular flexibility index (Phi) is 12.3. The van der Waals surface area contributed by atoms with E-state index in [1.165, 1.54) is 0 Å². The van der Waals surface area contributed by atoms with E-state index in [-0.39, 0.29) is 18.0 Å². The van der Waals surface area contributed by atoms with Crippen LogP contribution in [0.2, 0.25) is 0 Å². The van der Waals surface area contributed by atoms with Gasteiger partial charge in [0.05, 0.1) is 7.11 Å². The Balaban J connectivity index is 1.26. The van der Waals surface area contributed by atoms with Gasteiger partial charge in [0.25, 0.3) is 5.91 Å². The molecule has 3 amide bonds. The molecule has 1 atom stereocenters. The third kappa shape index (κ3) is 9.64. The van der Waals surface area contributed by atoms with Gasteiger partial charge in [-0.2, -0.15) is 0 Å². The second-order valence-electron chi connectivity index (χ2n) is 11.2. The third-order valence-corrected chi connectivity index (χ3v) is 7.94. The molecule has 0 aliphatic carbocycles. The molecule has 1 heterocycles. The maximum absolute atomic E-state index is 12.9. The number of nitrogens with zero attached hydrogens (tertiary/aromatic N) is 1. The van der Waals surface area contributed by atoms with Crippen LogP contribution in [0.3, 0.4) is 0 Å². The van der Waals surface area contributed by atoms with Crippen LogP contribution in [0.25, 0.3) is 0 Å². The van der Waals surface area contributed by atoms with Crippen molar-refractivity contribution in [2.75, 3.05) is 37.4 Å². The summed E-state index contributed by atoms with van der Waals surface area (Å²) in [5.41, 5.74) is 1.80. The molecule has 3 N–H and O–H groups in total. The molecule has 9 heteroatoms. The van der Waals surface area contributed by atoms with Gasteiger partial charge in [0.15, 0.2) is 11.5 Å². The minimum absolute atomic E-state index is 0.203. The lowest BCUT2D eigenvalue weighted by Crippen LogP contribution is -2.42. The first-order valence-corrected chi connectivity index (χ1v) is 15.7. The van der Waals surface area contributed by atoms with Crippen molar-refractivity contribution in [3.8, 4) is 23.0 Å². The predicted molar refractivity (Wildman–Crippen MR) is 175 cm³/mol. The van der Waals surface area contributed by atoms with E-state index in [0.717, 1.165) is 57.4 Å². The first-order valence-electron chi connectivity index (χ1n) is 15.7. The van der Waals surface area contributed by atoms with E-state index in [1.807, 2.05) is 12.1 Å². The van der Waals surface area contributed by atoms with Crippen molar-refractivity contribution in [1.29, 1.82) is 0 Å². The molecule has 1 unspecified atom stereocenters. The van der Waals surface area contributed by atoms with E-state index in [0.29, 0.717) is 46.8 Å². The zero-order chi connectivity index (χ0) is 31.3. The van der Waals surface area contributed by atoms with Gasteiger partial charge in [-0.3, -0.25) is 4.79 Å². The van der Waals surface area contributed by atoms with Crippen molar-refractivity contribution in [3.63, 3.8) is 0 Å². The third-order valence-electron chi connectivity index (χ3n) is 7.94. The van der Waals surface area contributed by atoms with E-state index < -0.39 is 0 Å². The summed E-state index contributed by atoms with van der Waals surface area (Å²) in [5.74, 6) is 2.14. The molecule has 1 aliphatic rings. The largest absolute Gasteiger partial charge is 0.493 e. The monoisotopic (exact) mass is 602 g/mol. The summed E-state index contributed by atoms with van der Waals surface area (Å²) in [4.78, 5) is 27.5. The molecule has 1 aliphatic heterocycles. The van der Waals surface area contributed by atoms with Gasteiger partial charge in [0.2, 0.25) is 0 Å². The van der Waals surface area contributed by atoms with Crippen LogP contribution in [0.15, 0.2) is 66.7 Å². The predicted octanol–water partition coefficient (Wildman–Crippen LogP) is 7.69. The molecule has 0 spiro atoms. The molecule has 3 aromatic carbocycles. The number of unbranched alkanes of at least 4 members (excludes halogenated alkanes) is 2. The number of ether oxygens (including phenoxy) is 3. The topological polar surface area (TPSA) is 101 Å². The number of piperidine rings is 1. The fourth-order valence-corrected chi connectivity index (χ4v) is 5.09. The minimum Gasteiger partial charge on any atom is -0.493 e. The number of rotatable bonds is 14. The van der Waals surface area contributed by atoms with E-state index in [4.69, 9.17) is 14.2 Å². The Bertz CT molecular complexity index is 1340. The van der Waals surface area contributed by atoms with Crippen molar-refractivity contribution in [1.82, 2.24) is 10.2 Å². The number of carbonyl (C=O) groups excluding carboxylic acids is 2. The second kappa shape index (κ2) is 16.6. The number of likely N-dealkylation sites (tertiary alicyclic amines) is 1. The normalized spacial score (nSPS) is 14.4. The van der Waals surface area contributed by atoms with Gasteiger partial charge in [-0.15, -0.1) is 0 Å². The molecule has 0 aromatic heterocycles. The number of amides is 3. The van der Waals surface area contributed by atoms with Crippen LogP contribution in [0.5, 0.6) is 23.0 Å². The first-order chi connectivity index (χ1) is 21.4. The molecular weight excluding hydrogens is 556 g/mol. The first kappa shape index (κ1) is 32.7. The lowest BCUT2D eigenvalue weighted by molar-refractivity contribution is 0.0788. The van der Waals surface area contributed by atoms with Crippen LogP contribution in [0.1, 0.15) is 69.7 Å². The quantitative estimate of drug-likeness (QED) is 0.164. The van der Waals surface area contributed by atoms with Crippen LogP contribution < -0.4 is 30.2 Å². The lowest BCUT2D eigenvalue weighted by atomic mass is 10.0. The number of hydrogen-bond acceptors (Lipinski definition) is 6. The molecule has 236 valence electrons. The van der Waals surface area contributed by atoms with E-state index in [9.17, 15) is 9.59 Å². The fourth-order valence-electron chi connectivity index (χ4n) is 5.09. The van der Waals surface area contributed by atoms with Crippen molar-refractivity contribution in [3.05, 3.63) is 72.3 Å². The van der Waals surface area contributed by atoms with E-state index in [1.54, 1.807) is 61.7 Å². The molecule has 44 heavy (non-hydrogen) atoms. The standard InChI is InChI=1S/C35H46N4O5/c1-5-7-8-21-36-35(41)38-28-13-18-32(33(24-28)42-4)44-30-16-11-27(12-17-30)37-34(40)26-9-14-29(15-10-26)43-31-19-22-39(23-20-31)25(3)6-2/h9-18,24-25,31H,5-8,19-23H2,1-4H3,(H,37,40)(H2,36,38,41). The molecule has 1 saturated heterocycles. The summed E-state index contributed by atoms with van der Waals surface area (Å²) in [6, 6.07) is 20.0. The fraction of sp³-hybridized carbons (Fsp3) is 0.429. The van der Waals surface area contributed by atoms with Crippen LogP contribution in [-0.4, -0.2) is 55.7 Å². The number of methoxy groups -OCH3 is 1. The zero-order valence-electron chi connectivity index (χ0n) is 26.4. The van der Waals surface area contributed by atoms with Gasteiger partial charge in [0.1, 0.15) is 17.6 Å². The van der Waals surface area contributed by atoms with Gasteiger partial charge >= 0.3 is 6.03 Å². The molecule has 0 saturated carbocycles.